The second kappa shape index (κ2) is 5.29. The normalized spacial score (nSPS) is 19.1. The molecule has 0 aliphatic heterocycles. The highest BCUT2D eigenvalue weighted by atomic mass is 16.5. The number of nitrogens with one attached hydrogen (secondary N) is 1. The Bertz CT molecular complexity index is 407. The molecular formula is C15H24N2O. The summed E-state index contributed by atoms with van der Waals surface area (Å²) in [7, 11) is 3.74. The fourth-order valence-electron chi connectivity index (χ4n) is 3.15. The molecule has 1 aromatic carbocycles. The number of rotatable bonds is 5. The third kappa shape index (κ3) is 2.13. The van der Waals surface area contributed by atoms with Crippen LogP contribution in [0.1, 0.15) is 36.4 Å². The summed E-state index contributed by atoms with van der Waals surface area (Å²) in [6.07, 6.45) is 3.74. The zero-order valence-electron chi connectivity index (χ0n) is 11.6. The standard InChI is InChI=1S/C15H24N2O/c1-11-9-12(5-6-13(11)18-3)14(17-2)15(10-16)7-4-8-15/h5-6,9,14,17H,4,7-8,10,16H2,1-3H3. The monoisotopic (exact) mass is 248 g/mol. The minimum Gasteiger partial charge on any atom is -0.496 e. The first-order valence-electron chi connectivity index (χ1n) is 6.69. The predicted octanol–water partition coefficient (Wildman–Crippen LogP) is 2.39. The van der Waals surface area contributed by atoms with Crippen LogP contribution in [-0.4, -0.2) is 20.7 Å². The summed E-state index contributed by atoms with van der Waals surface area (Å²) in [5.41, 5.74) is 8.76. The zero-order valence-corrected chi connectivity index (χ0v) is 11.6. The molecule has 100 valence electrons. The molecule has 1 aliphatic carbocycles. The third-order valence-electron chi connectivity index (χ3n) is 4.41. The Labute approximate surface area is 110 Å². The first-order valence-corrected chi connectivity index (χ1v) is 6.69. The molecule has 1 aromatic rings. The van der Waals surface area contributed by atoms with Gasteiger partial charge in [-0.1, -0.05) is 18.6 Å². The average molecular weight is 248 g/mol. The molecule has 0 radical (unpaired) electrons. The number of methoxy groups -OCH3 is 1. The molecule has 0 spiro atoms. The average Bonchev–Trinajstić information content (AvgIpc) is 2.33. The van der Waals surface area contributed by atoms with Gasteiger partial charge in [0.1, 0.15) is 5.75 Å². The van der Waals surface area contributed by atoms with Crippen molar-refractivity contribution < 1.29 is 4.74 Å². The van der Waals surface area contributed by atoms with Gasteiger partial charge in [0, 0.05) is 11.5 Å². The van der Waals surface area contributed by atoms with Crippen molar-refractivity contribution in [3.05, 3.63) is 29.3 Å². The minimum atomic E-state index is 0.246. The van der Waals surface area contributed by atoms with Gasteiger partial charge < -0.3 is 15.8 Å². The van der Waals surface area contributed by atoms with Crippen LogP contribution >= 0.6 is 0 Å². The number of aryl methyl sites for hydroxylation is 1. The lowest BCUT2D eigenvalue weighted by molar-refractivity contribution is 0.0879. The first-order chi connectivity index (χ1) is 8.66. The molecule has 3 nitrogen and oxygen atoms in total. The molecule has 3 heteroatoms. The summed E-state index contributed by atoms with van der Waals surface area (Å²) >= 11 is 0. The molecule has 1 aliphatic rings. The van der Waals surface area contributed by atoms with E-state index < -0.39 is 0 Å². The Hall–Kier alpha value is -1.06. The van der Waals surface area contributed by atoms with Crippen LogP contribution in [0.5, 0.6) is 5.75 Å². The number of hydrogen-bond acceptors (Lipinski definition) is 3. The third-order valence-corrected chi connectivity index (χ3v) is 4.41. The number of hydrogen-bond donors (Lipinski definition) is 2. The van der Waals surface area contributed by atoms with E-state index in [-0.39, 0.29) is 5.41 Å². The number of ether oxygens (including phenoxy) is 1. The second-order valence-electron chi connectivity index (χ2n) is 5.37. The van der Waals surface area contributed by atoms with E-state index in [9.17, 15) is 0 Å². The Morgan fingerprint density at radius 3 is 2.56 bits per heavy atom. The van der Waals surface area contributed by atoms with Crippen LogP contribution < -0.4 is 15.8 Å². The topological polar surface area (TPSA) is 47.3 Å². The predicted molar refractivity (Wildman–Crippen MR) is 74.9 cm³/mol. The zero-order chi connectivity index (χ0) is 13.2. The molecule has 1 atom stereocenters. The van der Waals surface area contributed by atoms with Crippen molar-refractivity contribution >= 4 is 0 Å². The second-order valence-corrected chi connectivity index (χ2v) is 5.37. The lowest BCUT2D eigenvalue weighted by atomic mass is 9.62. The van der Waals surface area contributed by atoms with E-state index in [1.807, 2.05) is 7.05 Å². The lowest BCUT2D eigenvalue weighted by Gasteiger charge is -2.47. The molecular weight excluding hydrogens is 224 g/mol. The molecule has 1 saturated carbocycles. The van der Waals surface area contributed by atoms with E-state index >= 15 is 0 Å². The molecule has 0 saturated heterocycles. The molecule has 1 fully saturated rings. The summed E-state index contributed by atoms with van der Waals surface area (Å²) in [4.78, 5) is 0. The van der Waals surface area contributed by atoms with E-state index in [1.54, 1.807) is 7.11 Å². The summed E-state index contributed by atoms with van der Waals surface area (Å²) in [5, 5.41) is 3.46. The highest BCUT2D eigenvalue weighted by Gasteiger charge is 2.42. The molecule has 0 aromatic heterocycles. The van der Waals surface area contributed by atoms with E-state index in [0.717, 1.165) is 12.3 Å². The Morgan fingerprint density at radius 1 is 1.44 bits per heavy atom. The largest absolute Gasteiger partial charge is 0.496 e. The smallest absolute Gasteiger partial charge is 0.121 e. The van der Waals surface area contributed by atoms with E-state index in [1.165, 1.54) is 30.4 Å². The van der Waals surface area contributed by atoms with Gasteiger partial charge in [-0.2, -0.15) is 0 Å². The van der Waals surface area contributed by atoms with Crippen LogP contribution in [0.3, 0.4) is 0 Å². The van der Waals surface area contributed by atoms with Crippen molar-refractivity contribution in [3.8, 4) is 5.75 Å². The van der Waals surface area contributed by atoms with Gasteiger partial charge in [0.15, 0.2) is 0 Å². The van der Waals surface area contributed by atoms with E-state index in [2.05, 4.69) is 30.4 Å². The van der Waals surface area contributed by atoms with E-state index in [4.69, 9.17) is 10.5 Å². The van der Waals surface area contributed by atoms with Crippen molar-refractivity contribution in [3.63, 3.8) is 0 Å². The number of benzene rings is 1. The molecule has 0 bridgehead atoms. The minimum absolute atomic E-state index is 0.246. The molecule has 1 unspecified atom stereocenters. The van der Waals surface area contributed by atoms with Gasteiger partial charge in [-0.25, -0.2) is 0 Å². The summed E-state index contributed by atoms with van der Waals surface area (Å²) in [6, 6.07) is 6.77. The van der Waals surface area contributed by atoms with Gasteiger partial charge in [0.2, 0.25) is 0 Å². The highest BCUT2D eigenvalue weighted by Crippen LogP contribution is 2.49. The quantitative estimate of drug-likeness (QED) is 0.841. The van der Waals surface area contributed by atoms with Crippen molar-refractivity contribution in [2.24, 2.45) is 11.1 Å². The van der Waals surface area contributed by atoms with Gasteiger partial charge in [-0.05, 0) is 50.6 Å². The van der Waals surface area contributed by atoms with Crippen LogP contribution in [0.2, 0.25) is 0 Å². The van der Waals surface area contributed by atoms with Crippen LogP contribution in [0.4, 0.5) is 0 Å². The lowest BCUT2D eigenvalue weighted by Crippen LogP contribution is -2.47. The summed E-state index contributed by atoms with van der Waals surface area (Å²) < 4.78 is 5.32. The van der Waals surface area contributed by atoms with Crippen LogP contribution in [-0.2, 0) is 0 Å². The molecule has 18 heavy (non-hydrogen) atoms. The summed E-state index contributed by atoms with van der Waals surface area (Å²) in [5.74, 6) is 0.948. The maximum Gasteiger partial charge on any atom is 0.121 e. The van der Waals surface area contributed by atoms with Gasteiger partial charge in [0.25, 0.3) is 0 Å². The van der Waals surface area contributed by atoms with Crippen molar-refractivity contribution in [2.75, 3.05) is 20.7 Å². The van der Waals surface area contributed by atoms with Gasteiger partial charge in [-0.15, -0.1) is 0 Å². The van der Waals surface area contributed by atoms with Crippen LogP contribution in [0.25, 0.3) is 0 Å². The van der Waals surface area contributed by atoms with Gasteiger partial charge in [0.05, 0.1) is 7.11 Å². The maximum absolute atomic E-state index is 6.01. The Balaban J connectivity index is 2.30. The summed E-state index contributed by atoms with van der Waals surface area (Å²) in [6.45, 7) is 2.84. The van der Waals surface area contributed by atoms with Gasteiger partial charge in [-0.3, -0.25) is 0 Å². The fraction of sp³-hybridized carbons (Fsp3) is 0.600. The first kappa shape index (κ1) is 13.4. The highest BCUT2D eigenvalue weighted by molar-refractivity contribution is 5.38. The Kier molecular flexibility index (Phi) is 3.93. The molecule has 0 amide bonds. The number of nitrogens with two attached hydrogens (primary N) is 1. The van der Waals surface area contributed by atoms with Crippen molar-refractivity contribution in [1.29, 1.82) is 0 Å². The Morgan fingerprint density at radius 2 is 2.17 bits per heavy atom. The fourth-order valence-corrected chi connectivity index (χ4v) is 3.15. The maximum atomic E-state index is 6.01. The van der Waals surface area contributed by atoms with Crippen molar-refractivity contribution in [2.45, 2.75) is 32.2 Å². The molecule has 2 rings (SSSR count). The van der Waals surface area contributed by atoms with Crippen molar-refractivity contribution in [1.82, 2.24) is 5.32 Å². The SMILES string of the molecule is CNC(c1ccc(OC)c(C)c1)C1(CN)CCC1. The molecule has 0 heterocycles. The van der Waals surface area contributed by atoms with Gasteiger partial charge >= 0.3 is 0 Å². The van der Waals surface area contributed by atoms with E-state index in [0.29, 0.717) is 6.04 Å². The van der Waals surface area contributed by atoms with Crippen LogP contribution in [0.15, 0.2) is 18.2 Å². The van der Waals surface area contributed by atoms with Crippen LogP contribution in [0, 0.1) is 12.3 Å². The molecule has 3 N–H and O–H groups in total.